The van der Waals surface area contributed by atoms with E-state index in [2.05, 4.69) is 27.6 Å². The fourth-order valence-corrected chi connectivity index (χ4v) is 1.95. The number of hydrogen-bond acceptors (Lipinski definition) is 3. The van der Waals surface area contributed by atoms with E-state index in [1.165, 1.54) is 12.1 Å². The minimum absolute atomic E-state index is 0.0167. The van der Waals surface area contributed by atoms with Crippen LogP contribution in [-0.4, -0.2) is 16.1 Å². The lowest BCUT2D eigenvalue weighted by Gasteiger charge is -2.08. The molecule has 0 bridgehead atoms. The minimum Gasteiger partial charge on any atom is -0.477 e. The highest BCUT2D eigenvalue weighted by molar-refractivity contribution is 14.1. The van der Waals surface area contributed by atoms with Crippen molar-refractivity contribution in [3.05, 3.63) is 50.7 Å². The molecule has 0 saturated carbocycles. The Morgan fingerprint density at radius 2 is 2.11 bits per heavy atom. The summed E-state index contributed by atoms with van der Waals surface area (Å²) in [6.45, 7) is 0. The minimum atomic E-state index is -1.11. The van der Waals surface area contributed by atoms with Crippen molar-refractivity contribution in [3.8, 4) is 11.6 Å². The molecule has 2 rings (SSSR count). The molecule has 0 unspecified atom stereocenters. The molecule has 0 aliphatic carbocycles. The molecule has 0 aliphatic rings. The van der Waals surface area contributed by atoms with Gasteiger partial charge in [0.15, 0.2) is 0 Å². The van der Waals surface area contributed by atoms with E-state index in [1.54, 1.807) is 12.1 Å². The zero-order valence-electron chi connectivity index (χ0n) is 8.93. The second-order valence-electron chi connectivity index (χ2n) is 3.35. The molecule has 1 N–H and O–H groups in total. The summed E-state index contributed by atoms with van der Waals surface area (Å²) in [6.07, 6.45) is 0. The van der Waals surface area contributed by atoms with Crippen molar-refractivity contribution in [3.63, 3.8) is 0 Å². The average Bonchev–Trinajstić information content (AvgIpc) is 2.28. The Kier molecular flexibility index (Phi) is 4.03. The second kappa shape index (κ2) is 5.53. The third-order valence-corrected chi connectivity index (χ3v) is 2.95. The number of carboxylic acid groups (broad SMARTS) is 1. The molecule has 0 aliphatic heterocycles. The third-order valence-electron chi connectivity index (χ3n) is 2.07. The molecule has 0 radical (unpaired) electrons. The summed E-state index contributed by atoms with van der Waals surface area (Å²) in [5, 5.41) is 9.21. The molecule has 1 aromatic carbocycles. The number of aromatic carboxylic acids is 1. The van der Waals surface area contributed by atoms with Gasteiger partial charge in [0.25, 0.3) is 0 Å². The summed E-state index contributed by atoms with van der Waals surface area (Å²) >= 11 is 7.87. The van der Waals surface area contributed by atoms with Gasteiger partial charge in [0, 0.05) is 3.57 Å². The van der Waals surface area contributed by atoms with Gasteiger partial charge in [0.1, 0.15) is 16.5 Å². The van der Waals surface area contributed by atoms with Crippen LogP contribution in [-0.2, 0) is 0 Å². The van der Waals surface area contributed by atoms with Gasteiger partial charge in [-0.15, -0.1) is 0 Å². The third kappa shape index (κ3) is 3.11. The predicted molar refractivity (Wildman–Crippen MR) is 75.4 cm³/mol. The number of carbonyl (C=O) groups is 1. The molecular formula is C12H7ClINO3. The summed E-state index contributed by atoms with van der Waals surface area (Å²) in [7, 11) is 0. The zero-order chi connectivity index (χ0) is 13.1. The lowest BCUT2D eigenvalue weighted by atomic mass is 10.3. The van der Waals surface area contributed by atoms with Gasteiger partial charge in [0.2, 0.25) is 5.88 Å². The molecule has 2 aromatic rings. The number of carboxylic acids is 1. The van der Waals surface area contributed by atoms with E-state index in [0.717, 1.165) is 3.57 Å². The first kappa shape index (κ1) is 13.1. The van der Waals surface area contributed by atoms with Gasteiger partial charge in [-0.05, 0) is 52.9 Å². The first-order valence-corrected chi connectivity index (χ1v) is 6.35. The van der Waals surface area contributed by atoms with Crippen LogP contribution in [0.25, 0.3) is 0 Å². The SMILES string of the molecule is O=C(O)c1ccc(Cl)nc1Oc1cccc(I)c1. The highest BCUT2D eigenvalue weighted by Gasteiger charge is 2.14. The lowest BCUT2D eigenvalue weighted by molar-refractivity contribution is 0.0693. The molecule has 4 nitrogen and oxygen atoms in total. The maximum absolute atomic E-state index is 11.0. The van der Waals surface area contributed by atoms with Crippen LogP contribution in [0, 0.1) is 3.57 Å². The fourth-order valence-electron chi connectivity index (χ4n) is 1.30. The van der Waals surface area contributed by atoms with Crippen molar-refractivity contribution >= 4 is 40.2 Å². The molecular weight excluding hydrogens is 368 g/mol. The van der Waals surface area contributed by atoms with E-state index in [0.29, 0.717) is 5.75 Å². The molecule has 0 atom stereocenters. The number of hydrogen-bond donors (Lipinski definition) is 1. The Labute approximate surface area is 122 Å². The Balaban J connectivity index is 2.39. The molecule has 1 aromatic heterocycles. The molecule has 6 heteroatoms. The molecule has 0 amide bonds. The smallest absolute Gasteiger partial charge is 0.341 e. The van der Waals surface area contributed by atoms with E-state index in [1.807, 2.05) is 12.1 Å². The Morgan fingerprint density at radius 3 is 2.78 bits per heavy atom. The van der Waals surface area contributed by atoms with Crippen LogP contribution in [0.5, 0.6) is 11.6 Å². The second-order valence-corrected chi connectivity index (χ2v) is 4.98. The summed E-state index contributed by atoms with van der Waals surface area (Å²) in [6, 6.07) is 9.97. The Hall–Kier alpha value is -1.34. The quantitative estimate of drug-likeness (QED) is 0.654. The first-order chi connectivity index (χ1) is 8.56. The standard InChI is InChI=1S/C12H7ClINO3/c13-10-5-4-9(12(16)17)11(15-10)18-8-3-1-2-7(14)6-8/h1-6H,(H,16,17). The summed E-state index contributed by atoms with van der Waals surface area (Å²) in [4.78, 5) is 14.9. The Bertz CT molecular complexity index is 604. The normalized spacial score (nSPS) is 10.1. The van der Waals surface area contributed by atoms with Crippen molar-refractivity contribution in [2.45, 2.75) is 0 Å². The van der Waals surface area contributed by atoms with Gasteiger partial charge in [-0.2, -0.15) is 0 Å². The van der Waals surface area contributed by atoms with Crippen LogP contribution >= 0.6 is 34.2 Å². The van der Waals surface area contributed by atoms with Crippen molar-refractivity contribution in [1.82, 2.24) is 4.98 Å². The van der Waals surface area contributed by atoms with Crippen LogP contribution < -0.4 is 4.74 Å². The van der Waals surface area contributed by atoms with E-state index < -0.39 is 5.97 Å². The van der Waals surface area contributed by atoms with Gasteiger partial charge in [-0.3, -0.25) is 0 Å². The van der Waals surface area contributed by atoms with Crippen LogP contribution in [0.4, 0.5) is 0 Å². The number of nitrogens with zero attached hydrogens (tertiary/aromatic N) is 1. The average molecular weight is 376 g/mol. The molecule has 0 saturated heterocycles. The number of pyridine rings is 1. The van der Waals surface area contributed by atoms with E-state index in [9.17, 15) is 4.79 Å². The highest BCUT2D eigenvalue weighted by Crippen LogP contribution is 2.26. The van der Waals surface area contributed by atoms with Crippen LogP contribution in [0.1, 0.15) is 10.4 Å². The maximum Gasteiger partial charge on any atom is 0.341 e. The number of halogens is 2. The maximum atomic E-state index is 11.0. The molecule has 0 spiro atoms. The summed E-state index contributed by atoms with van der Waals surface area (Å²) in [5.74, 6) is -0.615. The van der Waals surface area contributed by atoms with Gasteiger partial charge in [0.05, 0.1) is 0 Å². The van der Waals surface area contributed by atoms with Crippen molar-refractivity contribution in [1.29, 1.82) is 0 Å². The largest absolute Gasteiger partial charge is 0.477 e. The van der Waals surface area contributed by atoms with E-state index in [-0.39, 0.29) is 16.6 Å². The van der Waals surface area contributed by atoms with Gasteiger partial charge in [-0.1, -0.05) is 17.7 Å². The number of aromatic nitrogens is 1. The summed E-state index contributed by atoms with van der Waals surface area (Å²) < 4.78 is 6.43. The van der Waals surface area contributed by atoms with E-state index in [4.69, 9.17) is 21.4 Å². The zero-order valence-corrected chi connectivity index (χ0v) is 11.8. The number of ether oxygens (including phenoxy) is 1. The monoisotopic (exact) mass is 375 g/mol. The predicted octanol–water partition coefficient (Wildman–Crippen LogP) is 3.83. The van der Waals surface area contributed by atoms with E-state index >= 15 is 0 Å². The van der Waals surface area contributed by atoms with Crippen molar-refractivity contribution in [2.75, 3.05) is 0 Å². The number of benzene rings is 1. The molecule has 1 heterocycles. The molecule has 92 valence electrons. The first-order valence-electron chi connectivity index (χ1n) is 4.89. The van der Waals surface area contributed by atoms with Gasteiger partial charge < -0.3 is 9.84 Å². The topological polar surface area (TPSA) is 59.4 Å². The molecule has 0 fully saturated rings. The fraction of sp³-hybridized carbons (Fsp3) is 0. The van der Waals surface area contributed by atoms with Crippen LogP contribution in [0.15, 0.2) is 36.4 Å². The van der Waals surface area contributed by atoms with Crippen molar-refractivity contribution < 1.29 is 14.6 Å². The number of rotatable bonds is 3. The highest BCUT2D eigenvalue weighted by atomic mass is 127. The Morgan fingerprint density at radius 1 is 1.33 bits per heavy atom. The van der Waals surface area contributed by atoms with Gasteiger partial charge in [-0.25, -0.2) is 9.78 Å². The van der Waals surface area contributed by atoms with Crippen molar-refractivity contribution in [2.24, 2.45) is 0 Å². The molecule has 18 heavy (non-hydrogen) atoms. The van der Waals surface area contributed by atoms with Crippen LogP contribution in [0.2, 0.25) is 5.15 Å². The van der Waals surface area contributed by atoms with Gasteiger partial charge >= 0.3 is 5.97 Å². The lowest BCUT2D eigenvalue weighted by Crippen LogP contribution is -2.02. The van der Waals surface area contributed by atoms with Crippen LogP contribution in [0.3, 0.4) is 0 Å². The summed E-state index contributed by atoms with van der Waals surface area (Å²) in [5.41, 5.74) is -0.0294.